The Morgan fingerprint density at radius 2 is 1.51 bits per heavy atom. The van der Waals surface area contributed by atoms with Crippen molar-refractivity contribution in [1.29, 1.82) is 0 Å². The molecule has 0 unspecified atom stereocenters. The van der Waals surface area contributed by atoms with Gasteiger partial charge in [0, 0.05) is 12.5 Å². The molecule has 1 aromatic heterocycles. The molecule has 0 aliphatic rings. The first-order chi connectivity index (χ1) is 18.8. The number of nitrogens with one attached hydrogen (secondary N) is 2. The van der Waals surface area contributed by atoms with E-state index in [-0.39, 0.29) is 23.2 Å². The maximum Gasteiger partial charge on any atom is 0.298 e. The van der Waals surface area contributed by atoms with Gasteiger partial charge in [-0.3, -0.25) is 19.2 Å². The van der Waals surface area contributed by atoms with Crippen molar-refractivity contribution in [3.63, 3.8) is 0 Å². The number of ether oxygens (including phenoxy) is 1. The van der Waals surface area contributed by atoms with Gasteiger partial charge >= 0.3 is 0 Å². The van der Waals surface area contributed by atoms with Crippen LogP contribution in [0.2, 0.25) is 0 Å². The Hall–Kier alpha value is -3.37. The number of unbranched alkanes of at least 4 members (excludes halogenated alkanes) is 10. The minimum atomic E-state index is -4.66. The predicted molar refractivity (Wildman–Crippen MR) is 152 cm³/mol. The smallest absolute Gasteiger partial charge is 0.298 e. The van der Waals surface area contributed by atoms with Crippen LogP contribution in [-0.4, -0.2) is 28.7 Å². The zero-order valence-corrected chi connectivity index (χ0v) is 23.3. The summed E-state index contributed by atoms with van der Waals surface area (Å²) in [5.41, 5.74) is -0.350. The highest BCUT2D eigenvalue weighted by Crippen LogP contribution is 2.30. The molecular weight excluding hydrogens is 518 g/mol. The van der Waals surface area contributed by atoms with E-state index in [1.54, 1.807) is 30.3 Å². The molecule has 9 nitrogen and oxygen atoms in total. The molecule has 0 atom stereocenters. The van der Waals surface area contributed by atoms with Gasteiger partial charge in [0.15, 0.2) is 0 Å². The molecule has 0 fully saturated rings. The summed E-state index contributed by atoms with van der Waals surface area (Å²) in [6.45, 7) is 2.23. The number of carbonyl (C=O) groups is 1. The SMILES string of the molecule is CCCCCCCCCCCCCC(=O)Nc1cc(=O)n(-c2ccc(Oc3ccccc3)c(S(=O)(=O)O)c2)[nH]1. The summed E-state index contributed by atoms with van der Waals surface area (Å²) in [6, 6.07) is 13.7. The quantitative estimate of drug-likeness (QED) is 0.123. The van der Waals surface area contributed by atoms with Crippen LogP contribution in [0.3, 0.4) is 0 Å². The van der Waals surface area contributed by atoms with Gasteiger partial charge in [-0.1, -0.05) is 89.3 Å². The largest absolute Gasteiger partial charge is 0.456 e. The van der Waals surface area contributed by atoms with E-state index in [9.17, 15) is 22.6 Å². The third kappa shape index (κ3) is 10.0. The molecule has 0 radical (unpaired) electrons. The summed E-state index contributed by atoms with van der Waals surface area (Å²) in [5, 5.41) is 5.46. The van der Waals surface area contributed by atoms with Crippen LogP contribution < -0.4 is 15.6 Å². The number of aromatic amines is 1. The topological polar surface area (TPSA) is 130 Å². The molecular formula is C29H39N3O6S. The first-order valence-corrected chi connectivity index (χ1v) is 15.2. The molecule has 0 saturated carbocycles. The summed E-state index contributed by atoms with van der Waals surface area (Å²) >= 11 is 0. The van der Waals surface area contributed by atoms with Gasteiger partial charge in [0.25, 0.3) is 15.7 Å². The highest BCUT2D eigenvalue weighted by atomic mass is 32.2. The zero-order chi connectivity index (χ0) is 28.1. The molecule has 39 heavy (non-hydrogen) atoms. The van der Waals surface area contributed by atoms with E-state index in [1.165, 1.54) is 69.6 Å². The van der Waals surface area contributed by atoms with Gasteiger partial charge in [-0.15, -0.1) is 0 Å². The van der Waals surface area contributed by atoms with Gasteiger partial charge in [-0.2, -0.15) is 8.42 Å². The standard InChI is InChI=1S/C29H39N3O6S/c1-2-3-4-5-6-7-8-9-10-11-15-18-28(33)30-27-22-29(34)32(31-27)23-19-20-25(26(21-23)39(35,36)37)38-24-16-13-12-14-17-24/h12-14,16-17,19-22,31H,2-11,15,18H2,1H3,(H,30,33)(H,35,36,37). The lowest BCUT2D eigenvalue weighted by Crippen LogP contribution is -2.14. The van der Waals surface area contributed by atoms with E-state index in [0.29, 0.717) is 12.2 Å². The number of hydrogen-bond donors (Lipinski definition) is 3. The van der Waals surface area contributed by atoms with Crippen LogP contribution in [0.25, 0.3) is 5.69 Å². The van der Waals surface area contributed by atoms with Crippen molar-refractivity contribution < 1.29 is 22.5 Å². The van der Waals surface area contributed by atoms with Crippen LogP contribution in [0.4, 0.5) is 5.82 Å². The fraction of sp³-hybridized carbons (Fsp3) is 0.448. The maximum atomic E-state index is 12.6. The van der Waals surface area contributed by atoms with E-state index in [4.69, 9.17) is 4.74 Å². The number of benzene rings is 2. The van der Waals surface area contributed by atoms with E-state index < -0.39 is 20.6 Å². The monoisotopic (exact) mass is 557 g/mol. The van der Waals surface area contributed by atoms with Crippen LogP contribution in [0.1, 0.15) is 84.0 Å². The molecule has 3 N–H and O–H groups in total. The second kappa shape index (κ2) is 15.3. The normalized spacial score (nSPS) is 11.4. The number of carbonyl (C=O) groups excluding carboxylic acids is 1. The molecule has 1 amide bonds. The summed E-state index contributed by atoms with van der Waals surface area (Å²) in [5.74, 6) is 0.290. The van der Waals surface area contributed by atoms with E-state index >= 15 is 0 Å². The summed E-state index contributed by atoms with van der Waals surface area (Å²) in [4.78, 5) is 24.4. The van der Waals surface area contributed by atoms with Gasteiger partial charge in [-0.25, -0.2) is 4.68 Å². The molecule has 2 aromatic carbocycles. The number of H-pyrrole nitrogens is 1. The van der Waals surface area contributed by atoms with Crippen LogP contribution in [-0.2, 0) is 14.9 Å². The van der Waals surface area contributed by atoms with Gasteiger partial charge in [0.2, 0.25) is 5.91 Å². The number of rotatable bonds is 17. The Bertz CT molecular complexity index is 1350. The predicted octanol–water partition coefficient (Wildman–Crippen LogP) is 6.84. The van der Waals surface area contributed by atoms with Crippen molar-refractivity contribution >= 4 is 21.8 Å². The highest BCUT2D eigenvalue weighted by molar-refractivity contribution is 7.86. The van der Waals surface area contributed by atoms with Crippen molar-refractivity contribution in [2.45, 2.75) is 88.9 Å². The second-order valence-corrected chi connectivity index (χ2v) is 11.1. The van der Waals surface area contributed by atoms with Crippen molar-refractivity contribution in [3.05, 3.63) is 65.0 Å². The summed E-state index contributed by atoms with van der Waals surface area (Å²) in [6.07, 6.45) is 13.5. The van der Waals surface area contributed by atoms with Crippen LogP contribution >= 0.6 is 0 Å². The van der Waals surface area contributed by atoms with E-state index in [0.717, 1.165) is 30.0 Å². The minimum Gasteiger partial charge on any atom is -0.456 e. The summed E-state index contributed by atoms with van der Waals surface area (Å²) < 4.78 is 40.5. The fourth-order valence-electron chi connectivity index (χ4n) is 4.35. The molecule has 212 valence electrons. The van der Waals surface area contributed by atoms with Gasteiger partial charge in [-0.05, 0) is 36.8 Å². The Morgan fingerprint density at radius 1 is 0.897 bits per heavy atom. The molecule has 0 spiro atoms. The summed E-state index contributed by atoms with van der Waals surface area (Å²) in [7, 11) is -4.66. The first-order valence-electron chi connectivity index (χ1n) is 13.7. The highest BCUT2D eigenvalue weighted by Gasteiger charge is 2.20. The fourth-order valence-corrected chi connectivity index (χ4v) is 4.99. The Balaban J connectivity index is 1.51. The lowest BCUT2D eigenvalue weighted by atomic mass is 10.1. The van der Waals surface area contributed by atoms with E-state index in [1.807, 2.05) is 0 Å². The van der Waals surface area contributed by atoms with Crippen molar-refractivity contribution in [3.8, 4) is 17.2 Å². The van der Waals surface area contributed by atoms with Crippen molar-refractivity contribution in [2.75, 3.05) is 5.32 Å². The average molecular weight is 558 g/mol. The number of nitrogens with zero attached hydrogens (tertiary/aromatic N) is 1. The molecule has 0 saturated heterocycles. The Kier molecular flexibility index (Phi) is 11.8. The Labute approximate surface area is 230 Å². The number of aromatic nitrogens is 2. The molecule has 0 aliphatic heterocycles. The number of anilines is 1. The first kappa shape index (κ1) is 30.2. The van der Waals surface area contributed by atoms with Crippen LogP contribution in [0, 0.1) is 0 Å². The van der Waals surface area contributed by atoms with Crippen molar-refractivity contribution in [1.82, 2.24) is 9.78 Å². The average Bonchev–Trinajstić information content (AvgIpc) is 3.27. The third-order valence-corrected chi connectivity index (χ3v) is 7.31. The molecule has 3 aromatic rings. The molecule has 0 bridgehead atoms. The zero-order valence-electron chi connectivity index (χ0n) is 22.5. The Morgan fingerprint density at radius 3 is 2.13 bits per heavy atom. The van der Waals surface area contributed by atoms with Gasteiger partial charge < -0.3 is 10.1 Å². The molecule has 1 heterocycles. The van der Waals surface area contributed by atoms with E-state index in [2.05, 4.69) is 17.3 Å². The molecule has 10 heteroatoms. The minimum absolute atomic E-state index is 0.0902. The number of para-hydroxylation sites is 1. The molecule has 3 rings (SSSR count). The lowest BCUT2D eigenvalue weighted by molar-refractivity contribution is -0.116. The second-order valence-electron chi connectivity index (χ2n) is 9.70. The van der Waals surface area contributed by atoms with Crippen LogP contribution in [0.5, 0.6) is 11.5 Å². The van der Waals surface area contributed by atoms with Crippen molar-refractivity contribution in [2.24, 2.45) is 0 Å². The van der Waals surface area contributed by atoms with Gasteiger partial charge in [0.1, 0.15) is 22.2 Å². The third-order valence-electron chi connectivity index (χ3n) is 6.44. The van der Waals surface area contributed by atoms with Crippen LogP contribution in [0.15, 0.2) is 64.3 Å². The number of hydrogen-bond acceptors (Lipinski definition) is 5. The van der Waals surface area contributed by atoms with Gasteiger partial charge in [0.05, 0.1) is 5.69 Å². The molecule has 0 aliphatic carbocycles. The number of amides is 1. The lowest BCUT2D eigenvalue weighted by Gasteiger charge is -2.11. The maximum absolute atomic E-state index is 12.6.